The lowest BCUT2D eigenvalue weighted by atomic mass is 9.74. The molecule has 0 radical (unpaired) electrons. The molecule has 3 heterocycles. The predicted molar refractivity (Wildman–Crippen MR) is 99.7 cm³/mol. The molecule has 1 N–H and O–H groups in total. The van der Waals surface area contributed by atoms with Gasteiger partial charge in [-0.3, -0.25) is 4.79 Å². The van der Waals surface area contributed by atoms with Crippen molar-refractivity contribution < 1.29 is 14.6 Å². The second kappa shape index (κ2) is 5.79. The third-order valence-electron chi connectivity index (χ3n) is 5.64. The Morgan fingerprint density at radius 2 is 2.23 bits per heavy atom. The average Bonchev–Trinajstić information content (AvgIpc) is 3.31. The summed E-state index contributed by atoms with van der Waals surface area (Å²) >= 11 is 1.53. The number of amides is 1. The maximum atomic E-state index is 13.1. The topological polar surface area (TPSA) is 62.7 Å². The fraction of sp³-hybridized carbons (Fsp3) is 0.300. The summed E-state index contributed by atoms with van der Waals surface area (Å²) in [6, 6.07) is 13.6. The van der Waals surface area contributed by atoms with E-state index in [1.54, 1.807) is 5.51 Å². The summed E-state index contributed by atoms with van der Waals surface area (Å²) in [6.07, 6.45) is 0. The zero-order chi connectivity index (χ0) is 17.7. The number of carbonyl (C=O) groups is 1. The average molecular weight is 366 g/mol. The molecule has 1 fully saturated rings. The van der Waals surface area contributed by atoms with Crippen LogP contribution < -0.4 is 4.74 Å². The van der Waals surface area contributed by atoms with Crippen molar-refractivity contribution in [1.82, 2.24) is 9.88 Å². The molecule has 3 aromatic rings. The lowest BCUT2D eigenvalue weighted by Crippen LogP contribution is -2.42. The summed E-state index contributed by atoms with van der Waals surface area (Å²) in [5.74, 6) is 0.954. The molecule has 5 rings (SSSR count). The monoisotopic (exact) mass is 366 g/mol. The van der Waals surface area contributed by atoms with Crippen molar-refractivity contribution in [3.05, 3.63) is 59.1 Å². The summed E-state index contributed by atoms with van der Waals surface area (Å²) in [5.41, 5.74) is 4.02. The van der Waals surface area contributed by atoms with Gasteiger partial charge in [0, 0.05) is 24.6 Å². The van der Waals surface area contributed by atoms with E-state index < -0.39 is 5.41 Å². The zero-order valence-electron chi connectivity index (χ0n) is 14.1. The highest BCUT2D eigenvalue weighted by Gasteiger charge is 2.52. The highest BCUT2D eigenvalue weighted by molar-refractivity contribution is 7.16. The van der Waals surface area contributed by atoms with E-state index in [-0.39, 0.29) is 18.4 Å². The summed E-state index contributed by atoms with van der Waals surface area (Å²) < 4.78 is 6.92. The van der Waals surface area contributed by atoms with Gasteiger partial charge in [0.05, 0.1) is 34.4 Å². The molecule has 1 saturated heterocycles. The molecule has 2 aliphatic rings. The van der Waals surface area contributed by atoms with Crippen molar-refractivity contribution in [2.75, 3.05) is 26.3 Å². The standard InChI is InChI=1S/C20H18N2O3S/c23-10-20-9-22(8-15(20)14-3-1-2-4-17(14)25-11-20)19(24)13-5-6-16-18(7-13)26-12-21-16/h1-7,12,15,23H,8-11H2/t15-,20-/m0/s1. The third-order valence-corrected chi connectivity index (χ3v) is 6.43. The van der Waals surface area contributed by atoms with Gasteiger partial charge in [0.1, 0.15) is 5.75 Å². The van der Waals surface area contributed by atoms with Crippen molar-refractivity contribution >= 4 is 27.5 Å². The summed E-state index contributed by atoms with van der Waals surface area (Å²) in [4.78, 5) is 19.2. The maximum absolute atomic E-state index is 13.1. The Kier molecular flexibility index (Phi) is 3.52. The molecule has 2 aromatic carbocycles. The van der Waals surface area contributed by atoms with Crippen molar-refractivity contribution in [1.29, 1.82) is 0 Å². The summed E-state index contributed by atoms with van der Waals surface area (Å²) in [5, 5.41) is 10.1. The fourth-order valence-corrected chi connectivity index (χ4v) is 4.91. The number of aliphatic hydroxyl groups is 1. The molecule has 132 valence electrons. The number of benzene rings is 2. The molecule has 0 spiro atoms. The number of nitrogens with zero attached hydrogens (tertiary/aromatic N) is 2. The fourth-order valence-electron chi connectivity index (χ4n) is 4.20. The number of hydrogen-bond acceptors (Lipinski definition) is 5. The van der Waals surface area contributed by atoms with Gasteiger partial charge < -0.3 is 14.7 Å². The zero-order valence-corrected chi connectivity index (χ0v) is 14.9. The van der Waals surface area contributed by atoms with E-state index in [2.05, 4.69) is 4.98 Å². The molecule has 6 heteroatoms. The first-order chi connectivity index (χ1) is 12.7. The Bertz CT molecular complexity index is 1000. The van der Waals surface area contributed by atoms with Gasteiger partial charge in [-0.15, -0.1) is 11.3 Å². The van der Waals surface area contributed by atoms with Crippen LogP contribution in [0.1, 0.15) is 21.8 Å². The molecular weight excluding hydrogens is 348 g/mol. The van der Waals surface area contributed by atoms with Crippen LogP contribution in [0.5, 0.6) is 5.75 Å². The SMILES string of the molecule is O=C(c1ccc2ncsc2c1)N1C[C@H]2c3ccccc3OC[C@@]2(CO)C1. The summed E-state index contributed by atoms with van der Waals surface area (Å²) in [6.45, 7) is 1.54. The minimum absolute atomic E-state index is 0.00000567. The van der Waals surface area contributed by atoms with Crippen LogP contribution in [0.4, 0.5) is 0 Å². The number of thiazole rings is 1. The van der Waals surface area contributed by atoms with Crippen molar-refractivity contribution in [3.63, 3.8) is 0 Å². The van der Waals surface area contributed by atoms with E-state index in [0.717, 1.165) is 21.5 Å². The Labute approximate surface area is 154 Å². The van der Waals surface area contributed by atoms with E-state index >= 15 is 0 Å². The smallest absolute Gasteiger partial charge is 0.253 e. The van der Waals surface area contributed by atoms with Gasteiger partial charge in [-0.25, -0.2) is 4.98 Å². The minimum Gasteiger partial charge on any atom is -0.493 e. The van der Waals surface area contributed by atoms with Gasteiger partial charge in [0.2, 0.25) is 0 Å². The molecule has 2 aliphatic heterocycles. The Morgan fingerprint density at radius 3 is 3.12 bits per heavy atom. The van der Waals surface area contributed by atoms with Crippen LogP contribution in [0.2, 0.25) is 0 Å². The van der Waals surface area contributed by atoms with Crippen molar-refractivity contribution in [2.45, 2.75) is 5.92 Å². The number of aliphatic hydroxyl groups excluding tert-OH is 1. The first-order valence-corrected chi connectivity index (χ1v) is 9.53. The molecular formula is C20H18N2O3S. The number of rotatable bonds is 2. The highest BCUT2D eigenvalue weighted by atomic mass is 32.1. The summed E-state index contributed by atoms with van der Waals surface area (Å²) in [7, 11) is 0. The lowest BCUT2D eigenvalue weighted by molar-refractivity contribution is 0.0440. The number of fused-ring (bicyclic) bond motifs is 4. The van der Waals surface area contributed by atoms with E-state index in [4.69, 9.17) is 4.74 Å². The molecule has 26 heavy (non-hydrogen) atoms. The molecule has 0 bridgehead atoms. The number of ether oxygens (including phenoxy) is 1. The van der Waals surface area contributed by atoms with Gasteiger partial charge >= 0.3 is 0 Å². The lowest BCUT2D eigenvalue weighted by Gasteiger charge is -2.37. The third kappa shape index (κ3) is 2.26. The quantitative estimate of drug-likeness (QED) is 0.758. The van der Waals surface area contributed by atoms with E-state index in [0.29, 0.717) is 25.3 Å². The number of aromatic nitrogens is 1. The maximum Gasteiger partial charge on any atom is 0.253 e. The van der Waals surface area contributed by atoms with Gasteiger partial charge in [0.15, 0.2) is 0 Å². The number of likely N-dealkylation sites (tertiary alicyclic amines) is 1. The van der Waals surface area contributed by atoms with Crippen LogP contribution in [0, 0.1) is 5.41 Å². The van der Waals surface area contributed by atoms with Gasteiger partial charge in [-0.1, -0.05) is 18.2 Å². The largest absolute Gasteiger partial charge is 0.493 e. The Hall–Kier alpha value is -2.44. The molecule has 0 saturated carbocycles. The molecule has 1 amide bonds. The minimum atomic E-state index is -0.432. The number of carbonyl (C=O) groups excluding carboxylic acids is 1. The molecule has 2 atom stereocenters. The van der Waals surface area contributed by atoms with Gasteiger partial charge in [-0.2, -0.15) is 0 Å². The molecule has 5 nitrogen and oxygen atoms in total. The van der Waals surface area contributed by atoms with E-state index in [9.17, 15) is 9.90 Å². The first kappa shape index (κ1) is 15.8. The Morgan fingerprint density at radius 1 is 1.35 bits per heavy atom. The van der Waals surface area contributed by atoms with Gasteiger partial charge in [-0.05, 0) is 29.8 Å². The van der Waals surface area contributed by atoms with Crippen LogP contribution in [-0.2, 0) is 0 Å². The van der Waals surface area contributed by atoms with E-state index in [1.165, 1.54) is 11.3 Å². The highest BCUT2D eigenvalue weighted by Crippen LogP contribution is 2.49. The second-order valence-corrected chi connectivity index (χ2v) is 8.01. The number of hydrogen-bond donors (Lipinski definition) is 1. The van der Waals surface area contributed by atoms with Crippen LogP contribution >= 0.6 is 11.3 Å². The van der Waals surface area contributed by atoms with Crippen LogP contribution in [-0.4, -0.2) is 47.2 Å². The predicted octanol–water partition coefficient (Wildman–Crippen LogP) is 2.91. The molecule has 0 aliphatic carbocycles. The van der Waals surface area contributed by atoms with E-state index in [1.807, 2.05) is 47.4 Å². The van der Waals surface area contributed by atoms with Crippen molar-refractivity contribution in [3.8, 4) is 5.75 Å². The molecule has 1 aromatic heterocycles. The molecule has 0 unspecified atom stereocenters. The second-order valence-electron chi connectivity index (χ2n) is 7.12. The van der Waals surface area contributed by atoms with Crippen LogP contribution in [0.3, 0.4) is 0 Å². The Balaban J connectivity index is 1.49. The normalized spacial score (nSPS) is 24.2. The van der Waals surface area contributed by atoms with Crippen LogP contribution in [0.25, 0.3) is 10.2 Å². The van der Waals surface area contributed by atoms with Crippen LogP contribution in [0.15, 0.2) is 48.0 Å². The van der Waals surface area contributed by atoms with Crippen molar-refractivity contribution in [2.24, 2.45) is 5.41 Å². The van der Waals surface area contributed by atoms with Gasteiger partial charge in [0.25, 0.3) is 5.91 Å². The first-order valence-electron chi connectivity index (χ1n) is 8.65. The number of para-hydroxylation sites is 1.